The Balaban J connectivity index is 1.11. The lowest BCUT2D eigenvalue weighted by Crippen LogP contribution is -2.30. The second-order valence-corrected chi connectivity index (χ2v) is 11.6. The van der Waals surface area contributed by atoms with Crippen molar-refractivity contribution in [2.24, 2.45) is 0 Å². The molecule has 0 fully saturated rings. The maximum Gasteiger partial charge on any atom is 0.0522 e. The normalized spacial score (nSPS) is 15.9. The van der Waals surface area contributed by atoms with E-state index in [9.17, 15) is 0 Å². The lowest BCUT2D eigenvalue weighted by Gasteiger charge is -2.33. The van der Waals surface area contributed by atoms with Gasteiger partial charge in [-0.2, -0.15) is 0 Å². The van der Waals surface area contributed by atoms with Gasteiger partial charge in [0.25, 0.3) is 0 Å². The summed E-state index contributed by atoms with van der Waals surface area (Å²) in [6.45, 7) is 0. The molecule has 0 amide bonds. The van der Waals surface area contributed by atoms with Crippen LogP contribution in [0.25, 0.3) is 22.3 Å². The lowest BCUT2D eigenvalue weighted by molar-refractivity contribution is 0.631. The highest BCUT2D eigenvalue weighted by Gasteiger charge is 2.20. The number of hydrogen-bond acceptors (Lipinski definition) is 2. The van der Waals surface area contributed by atoms with Crippen LogP contribution >= 0.6 is 0 Å². The van der Waals surface area contributed by atoms with Crippen molar-refractivity contribution in [1.82, 2.24) is 0 Å². The predicted octanol–water partition coefficient (Wildman–Crippen LogP) is 11.6. The molecule has 0 heterocycles. The summed E-state index contributed by atoms with van der Waals surface area (Å²) in [5, 5.41) is 0. The molecule has 0 aliphatic heterocycles. The maximum absolute atomic E-state index is 2.48. The molecule has 0 bridgehead atoms. The average Bonchev–Trinajstić information content (AvgIpc) is 3.11. The number of rotatable bonds is 8. The first-order valence-corrected chi connectivity index (χ1v) is 15.9. The van der Waals surface area contributed by atoms with E-state index in [1.54, 1.807) is 0 Å². The Kier molecular flexibility index (Phi) is 8.23. The van der Waals surface area contributed by atoms with Crippen molar-refractivity contribution in [2.75, 3.05) is 9.80 Å². The number of nitrogens with zero attached hydrogens (tertiary/aromatic N) is 2. The Hall–Kier alpha value is -5.08. The van der Waals surface area contributed by atoms with Crippen LogP contribution in [0.5, 0.6) is 0 Å². The van der Waals surface area contributed by atoms with Crippen molar-refractivity contribution >= 4 is 22.7 Å². The molecule has 2 aliphatic rings. The minimum Gasteiger partial charge on any atom is -0.335 e. The van der Waals surface area contributed by atoms with Crippen molar-refractivity contribution in [3.05, 3.63) is 170 Å². The fourth-order valence-electron chi connectivity index (χ4n) is 6.39. The first-order valence-electron chi connectivity index (χ1n) is 15.9. The van der Waals surface area contributed by atoms with Crippen LogP contribution in [-0.4, -0.2) is 6.04 Å². The number of hydrogen-bond donors (Lipinski definition) is 0. The Bertz CT molecular complexity index is 1750. The van der Waals surface area contributed by atoms with Gasteiger partial charge in [0.1, 0.15) is 0 Å². The molecule has 0 N–H and O–H groups in total. The van der Waals surface area contributed by atoms with E-state index in [4.69, 9.17) is 0 Å². The minimum atomic E-state index is 0.387. The van der Waals surface area contributed by atoms with Crippen LogP contribution in [0.1, 0.15) is 32.1 Å². The van der Waals surface area contributed by atoms with Crippen LogP contribution in [-0.2, 0) is 0 Å². The SMILES string of the molecule is C1=CC(N(c2ccccc2)c2ccc(-c3ccc(-c4ccc(N(c5ccccc5)C5C=CCCC5)cc4)cc3)cc2)=CCC1. The van der Waals surface area contributed by atoms with Crippen LogP contribution in [0.2, 0.25) is 0 Å². The molecule has 5 aromatic rings. The zero-order valence-corrected chi connectivity index (χ0v) is 25.1. The molecule has 1 atom stereocenters. The van der Waals surface area contributed by atoms with Gasteiger partial charge in [-0.25, -0.2) is 0 Å². The smallest absolute Gasteiger partial charge is 0.0522 e. The molecular formula is C42H38N2. The summed E-state index contributed by atoms with van der Waals surface area (Å²) < 4.78 is 0. The van der Waals surface area contributed by atoms with Crippen LogP contribution in [0.3, 0.4) is 0 Å². The van der Waals surface area contributed by atoms with E-state index < -0.39 is 0 Å². The van der Waals surface area contributed by atoms with Crippen LogP contribution in [0.4, 0.5) is 22.7 Å². The lowest BCUT2D eigenvalue weighted by atomic mass is 9.98. The van der Waals surface area contributed by atoms with E-state index in [-0.39, 0.29) is 0 Å². The summed E-state index contributed by atoms with van der Waals surface area (Å²) in [5.41, 5.74) is 11.0. The number of anilines is 4. The van der Waals surface area contributed by atoms with Gasteiger partial charge in [0.15, 0.2) is 0 Å². The molecule has 0 radical (unpaired) electrons. The summed E-state index contributed by atoms with van der Waals surface area (Å²) in [6.07, 6.45) is 17.3. The third kappa shape index (κ3) is 6.02. The summed E-state index contributed by atoms with van der Waals surface area (Å²) >= 11 is 0. The number of benzene rings is 5. The van der Waals surface area contributed by atoms with Gasteiger partial charge in [0.2, 0.25) is 0 Å². The van der Waals surface area contributed by atoms with Gasteiger partial charge in [-0.1, -0.05) is 109 Å². The van der Waals surface area contributed by atoms with Crippen molar-refractivity contribution in [3.8, 4) is 22.3 Å². The predicted molar refractivity (Wildman–Crippen MR) is 188 cm³/mol. The first kappa shape index (κ1) is 27.7. The standard InChI is InChI=1S/C42H38N2/c1-5-13-37(14-6-1)43(38-15-7-2-8-16-38)41-29-25-35(26-30-41)33-21-23-34(24-22-33)36-27-31-42(32-28-36)44(39-17-9-3-10-18-39)40-19-11-4-12-20-40/h1,3,5-7,9-11,13-19,21-32,40H,2,4,8,12,20H2. The quantitative estimate of drug-likeness (QED) is 0.171. The molecule has 0 aromatic heterocycles. The van der Waals surface area contributed by atoms with Gasteiger partial charge < -0.3 is 9.80 Å². The third-order valence-electron chi connectivity index (χ3n) is 8.67. The zero-order valence-electron chi connectivity index (χ0n) is 25.1. The Morgan fingerprint density at radius 1 is 0.455 bits per heavy atom. The molecular weight excluding hydrogens is 532 g/mol. The molecule has 216 valence electrons. The largest absolute Gasteiger partial charge is 0.335 e. The van der Waals surface area contributed by atoms with Crippen LogP contribution < -0.4 is 9.80 Å². The van der Waals surface area contributed by atoms with Gasteiger partial charge >= 0.3 is 0 Å². The molecule has 1 unspecified atom stereocenters. The van der Waals surface area contributed by atoms with E-state index in [1.807, 2.05) is 0 Å². The van der Waals surface area contributed by atoms with Crippen LogP contribution in [0.15, 0.2) is 170 Å². The summed E-state index contributed by atoms with van der Waals surface area (Å²) in [5.74, 6) is 0. The van der Waals surface area contributed by atoms with E-state index in [0.717, 1.165) is 12.8 Å². The minimum absolute atomic E-state index is 0.387. The van der Waals surface area contributed by atoms with Gasteiger partial charge in [-0.05, 0) is 109 Å². The maximum atomic E-state index is 2.48. The average molecular weight is 571 g/mol. The number of allylic oxidation sites excluding steroid dienone is 4. The Morgan fingerprint density at radius 3 is 1.48 bits per heavy atom. The summed E-state index contributed by atoms with van der Waals surface area (Å²) in [4.78, 5) is 4.82. The fourth-order valence-corrected chi connectivity index (χ4v) is 6.39. The molecule has 5 aromatic carbocycles. The second-order valence-electron chi connectivity index (χ2n) is 11.6. The number of para-hydroxylation sites is 2. The highest BCUT2D eigenvalue weighted by Crippen LogP contribution is 2.36. The molecule has 0 spiro atoms. The Morgan fingerprint density at radius 2 is 0.955 bits per heavy atom. The van der Waals surface area contributed by atoms with E-state index in [2.05, 4.69) is 174 Å². The van der Waals surface area contributed by atoms with E-state index in [0.29, 0.717) is 6.04 Å². The molecule has 2 heteroatoms. The monoisotopic (exact) mass is 570 g/mol. The van der Waals surface area contributed by atoms with Gasteiger partial charge in [0.05, 0.1) is 6.04 Å². The van der Waals surface area contributed by atoms with Crippen molar-refractivity contribution in [2.45, 2.75) is 38.1 Å². The Labute approximate surface area is 261 Å². The summed E-state index contributed by atoms with van der Waals surface area (Å²) in [6, 6.07) is 48.7. The van der Waals surface area contributed by atoms with Gasteiger partial charge in [-0.3, -0.25) is 0 Å². The van der Waals surface area contributed by atoms with Gasteiger partial charge in [-0.15, -0.1) is 0 Å². The molecule has 2 aliphatic carbocycles. The highest BCUT2D eigenvalue weighted by atomic mass is 15.2. The zero-order chi connectivity index (χ0) is 29.6. The third-order valence-corrected chi connectivity index (χ3v) is 8.67. The topological polar surface area (TPSA) is 6.48 Å². The molecule has 44 heavy (non-hydrogen) atoms. The van der Waals surface area contributed by atoms with Crippen molar-refractivity contribution in [1.29, 1.82) is 0 Å². The first-order chi connectivity index (χ1) is 21.8. The molecule has 2 nitrogen and oxygen atoms in total. The summed E-state index contributed by atoms with van der Waals surface area (Å²) in [7, 11) is 0. The fraction of sp³-hybridized carbons (Fsp3) is 0.143. The highest BCUT2D eigenvalue weighted by molar-refractivity contribution is 5.76. The molecule has 0 saturated carbocycles. The molecule has 0 saturated heterocycles. The second kappa shape index (κ2) is 13.1. The van der Waals surface area contributed by atoms with Gasteiger partial charge in [0, 0.05) is 28.4 Å². The van der Waals surface area contributed by atoms with E-state index in [1.165, 1.54) is 70.0 Å². The van der Waals surface area contributed by atoms with Crippen molar-refractivity contribution < 1.29 is 0 Å². The van der Waals surface area contributed by atoms with E-state index >= 15 is 0 Å². The molecule has 7 rings (SSSR count). The van der Waals surface area contributed by atoms with Crippen LogP contribution in [0, 0.1) is 0 Å². The van der Waals surface area contributed by atoms with Crippen molar-refractivity contribution in [3.63, 3.8) is 0 Å².